The van der Waals surface area contributed by atoms with Gasteiger partial charge in [0.15, 0.2) is 0 Å². The van der Waals surface area contributed by atoms with Crippen molar-refractivity contribution in [2.24, 2.45) is 7.05 Å². The molecule has 1 fully saturated rings. The minimum Gasteiger partial charge on any atom is -0.344 e. The van der Waals surface area contributed by atoms with Gasteiger partial charge in [0.05, 0.1) is 12.2 Å². The van der Waals surface area contributed by atoms with Crippen molar-refractivity contribution in [2.45, 2.75) is 51.7 Å². The Morgan fingerprint density at radius 2 is 2.20 bits per heavy atom. The highest BCUT2D eigenvalue weighted by atomic mass is 16.2. The summed E-state index contributed by atoms with van der Waals surface area (Å²) in [5.74, 6) is -0.0522. The Hall–Kier alpha value is -1.85. The molecule has 1 N–H and O–H groups in total. The molecule has 0 bridgehead atoms. The minimum absolute atomic E-state index is 0.00384. The number of rotatable bonds is 4. The van der Waals surface area contributed by atoms with E-state index in [9.17, 15) is 9.59 Å². The van der Waals surface area contributed by atoms with Crippen molar-refractivity contribution in [1.29, 1.82) is 0 Å². The summed E-state index contributed by atoms with van der Waals surface area (Å²) in [4.78, 5) is 26.2. The Bertz CT molecular complexity index is 497. The summed E-state index contributed by atoms with van der Waals surface area (Å²) in [7, 11) is 1.85. The lowest BCUT2D eigenvalue weighted by Crippen LogP contribution is -2.46. The van der Waals surface area contributed by atoms with E-state index in [0.29, 0.717) is 19.4 Å². The molecule has 6 nitrogen and oxygen atoms in total. The van der Waals surface area contributed by atoms with Gasteiger partial charge in [0.2, 0.25) is 11.8 Å². The maximum absolute atomic E-state index is 12.6. The first-order valence-corrected chi connectivity index (χ1v) is 7.09. The number of nitrogens with one attached hydrogen (secondary N) is 1. The molecule has 2 amide bonds. The summed E-state index contributed by atoms with van der Waals surface area (Å²) < 4.78 is 1.72. The molecule has 1 aliphatic rings. The Morgan fingerprint density at radius 3 is 2.80 bits per heavy atom. The van der Waals surface area contributed by atoms with Gasteiger partial charge in [-0.15, -0.1) is 0 Å². The van der Waals surface area contributed by atoms with E-state index in [0.717, 1.165) is 12.1 Å². The fourth-order valence-corrected chi connectivity index (χ4v) is 2.55. The van der Waals surface area contributed by atoms with Gasteiger partial charge in [0.1, 0.15) is 6.04 Å². The average molecular weight is 278 g/mol. The summed E-state index contributed by atoms with van der Waals surface area (Å²) in [6, 6.07) is 1.39. The first-order chi connectivity index (χ1) is 9.51. The van der Waals surface area contributed by atoms with E-state index in [-0.39, 0.29) is 17.9 Å². The van der Waals surface area contributed by atoms with Crippen LogP contribution in [0.25, 0.3) is 0 Å². The Morgan fingerprint density at radius 1 is 1.45 bits per heavy atom. The van der Waals surface area contributed by atoms with Gasteiger partial charge in [0, 0.05) is 25.7 Å². The van der Waals surface area contributed by atoms with Crippen molar-refractivity contribution in [1.82, 2.24) is 20.0 Å². The zero-order valence-corrected chi connectivity index (χ0v) is 12.3. The van der Waals surface area contributed by atoms with Crippen LogP contribution in [0.1, 0.15) is 38.8 Å². The van der Waals surface area contributed by atoms with Crippen LogP contribution in [0.2, 0.25) is 0 Å². The fraction of sp³-hybridized carbons (Fsp3) is 0.643. The molecular formula is C14H22N4O2. The quantitative estimate of drug-likeness (QED) is 0.887. The molecule has 0 aliphatic carbocycles. The topological polar surface area (TPSA) is 67.2 Å². The third-order valence-corrected chi connectivity index (χ3v) is 3.61. The molecule has 1 saturated heterocycles. The summed E-state index contributed by atoms with van der Waals surface area (Å²) in [6.07, 6.45) is 3.74. The van der Waals surface area contributed by atoms with E-state index in [4.69, 9.17) is 0 Å². The number of carbonyl (C=O) groups is 2. The highest BCUT2D eigenvalue weighted by molar-refractivity contribution is 5.90. The molecule has 110 valence electrons. The van der Waals surface area contributed by atoms with Crippen LogP contribution in [0.4, 0.5) is 0 Å². The van der Waals surface area contributed by atoms with Crippen molar-refractivity contribution in [2.75, 3.05) is 0 Å². The highest BCUT2D eigenvalue weighted by Gasteiger charge is 2.33. The largest absolute Gasteiger partial charge is 0.344 e. The summed E-state index contributed by atoms with van der Waals surface area (Å²) in [6.45, 7) is 4.38. The maximum Gasteiger partial charge on any atom is 0.245 e. The minimum atomic E-state index is -0.402. The number of aromatic nitrogens is 2. The first-order valence-electron chi connectivity index (χ1n) is 7.09. The second kappa shape index (κ2) is 6.07. The zero-order valence-electron chi connectivity index (χ0n) is 12.3. The van der Waals surface area contributed by atoms with Crippen LogP contribution in [-0.2, 0) is 23.2 Å². The number of amides is 2. The van der Waals surface area contributed by atoms with Crippen molar-refractivity contribution in [3.63, 3.8) is 0 Å². The van der Waals surface area contributed by atoms with Crippen LogP contribution >= 0.6 is 0 Å². The van der Waals surface area contributed by atoms with E-state index in [1.165, 1.54) is 0 Å². The molecular weight excluding hydrogens is 256 g/mol. The second-order valence-electron chi connectivity index (χ2n) is 5.41. The monoisotopic (exact) mass is 278 g/mol. The molecule has 1 aromatic rings. The van der Waals surface area contributed by atoms with Crippen molar-refractivity contribution >= 4 is 11.8 Å². The van der Waals surface area contributed by atoms with Gasteiger partial charge in [-0.1, -0.05) is 13.3 Å². The second-order valence-corrected chi connectivity index (χ2v) is 5.41. The van der Waals surface area contributed by atoms with Crippen molar-refractivity contribution in [3.8, 4) is 0 Å². The van der Waals surface area contributed by atoms with Crippen LogP contribution in [0, 0.1) is 0 Å². The third-order valence-electron chi connectivity index (χ3n) is 3.61. The molecule has 2 heterocycles. The van der Waals surface area contributed by atoms with Gasteiger partial charge in [-0.05, 0) is 19.4 Å². The third kappa shape index (κ3) is 3.18. The van der Waals surface area contributed by atoms with Gasteiger partial charge in [-0.3, -0.25) is 14.3 Å². The smallest absolute Gasteiger partial charge is 0.245 e. The molecule has 2 unspecified atom stereocenters. The van der Waals surface area contributed by atoms with E-state index in [2.05, 4.69) is 10.4 Å². The highest BCUT2D eigenvalue weighted by Crippen LogP contribution is 2.16. The SMILES string of the molecule is CCCC1NC(=O)CC(C)N(Cc2ccn(C)n2)C1=O. The maximum atomic E-state index is 12.6. The van der Waals surface area contributed by atoms with Crippen LogP contribution in [0.15, 0.2) is 12.3 Å². The predicted octanol–water partition coefficient (Wildman–Crippen LogP) is 0.826. The average Bonchev–Trinajstić information content (AvgIpc) is 2.76. The van der Waals surface area contributed by atoms with Gasteiger partial charge in [-0.2, -0.15) is 5.10 Å². The molecule has 2 atom stereocenters. The van der Waals surface area contributed by atoms with Crippen molar-refractivity contribution < 1.29 is 9.59 Å². The molecule has 2 rings (SSSR count). The number of hydrogen-bond donors (Lipinski definition) is 1. The molecule has 1 aliphatic heterocycles. The fourth-order valence-electron chi connectivity index (χ4n) is 2.55. The van der Waals surface area contributed by atoms with Gasteiger partial charge in [-0.25, -0.2) is 0 Å². The van der Waals surface area contributed by atoms with Crippen LogP contribution in [-0.4, -0.2) is 38.6 Å². The first kappa shape index (κ1) is 14.6. The lowest BCUT2D eigenvalue weighted by Gasteiger charge is -2.28. The van der Waals surface area contributed by atoms with Gasteiger partial charge < -0.3 is 10.2 Å². The number of aryl methyl sites for hydroxylation is 1. The normalized spacial score (nSPS) is 23.6. The molecule has 0 radical (unpaired) electrons. The van der Waals surface area contributed by atoms with Crippen molar-refractivity contribution in [3.05, 3.63) is 18.0 Å². The summed E-state index contributed by atoms with van der Waals surface area (Å²) in [5.41, 5.74) is 0.845. The van der Waals surface area contributed by atoms with Gasteiger partial charge in [0.25, 0.3) is 0 Å². The van der Waals surface area contributed by atoms with E-state index < -0.39 is 6.04 Å². The van der Waals surface area contributed by atoms with E-state index >= 15 is 0 Å². The Balaban J connectivity index is 2.18. The molecule has 1 aromatic heterocycles. The summed E-state index contributed by atoms with van der Waals surface area (Å²) in [5, 5.41) is 7.14. The van der Waals surface area contributed by atoms with E-state index in [1.54, 1.807) is 9.58 Å². The standard InChI is InChI=1S/C14H22N4O2/c1-4-5-12-14(20)18(10(2)8-13(19)15-12)9-11-6-7-17(3)16-11/h6-7,10,12H,4-5,8-9H2,1-3H3,(H,15,19). The molecule has 0 spiro atoms. The molecule has 20 heavy (non-hydrogen) atoms. The number of hydrogen-bond acceptors (Lipinski definition) is 3. The number of carbonyl (C=O) groups excluding carboxylic acids is 2. The van der Waals surface area contributed by atoms with Crippen LogP contribution < -0.4 is 5.32 Å². The predicted molar refractivity (Wildman–Crippen MR) is 74.7 cm³/mol. The lowest BCUT2D eigenvalue weighted by molar-refractivity contribution is -0.135. The molecule has 0 aromatic carbocycles. The molecule has 0 saturated carbocycles. The lowest BCUT2D eigenvalue weighted by atomic mass is 10.1. The Kier molecular flexibility index (Phi) is 4.42. The number of nitrogens with zero attached hydrogens (tertiary/aromatic N) is 3. The summed E-state index contributed by atoms with van der Waals surface area (Å²) >= 11 is 0. The van der Waals surface area contributed by atoms with Gasteiger partial charge >= 0.3 is 0 Å². The van der Waals surface area contributed by atoms with E-state index in [1.807, 2.05) is 33.2 Å². The Labute approximate surface area is 119 Å². The molecule has 6 heteroatoms. The van der Waals surface area contributed by atoms with Crippen LogP contribution in [0.3, 0.4) is 0 Å². The zero-order chi connectivity index (χ0) is 14.7. The van der Waals surface area contributed by atoms with Crippen LogP contribution in [0.5, 0.6) is 0 Å².